The van der Waals surface area contributed by atoms with Crippen LogP contribution in [0.3, 0.4) is 0 Å². The van der Waals surface area contributed by atoms with E-state index in [1.54, 1.807) is 22.7 Å². The number of thiophene rings is 1. The summed E-state index contributed by atoms with van der Waals surface area (Å²) in [5.74, 6) is -0.867. The van der Waals surface area contributed by atoms with E-state index in [-0.39, 0.29) is 29.4 Å². The summed E-state index contributed by atoms with van der Waals surface area (Å²) in [7, 11) is -3.57. The summed E-state index contributed by atoms with van der Waals surface area (Å²) in [6.45, 7) is 0. The molecule has 0 fully saturated rings. The van der Waals surface area contributed by atoms with Gasteiger partial charge in [-0.3, -0.25) is 4.79 Å². The number of hydrogen-bond acceptors (Lipinski definition) is 6. The number of nitrogens with zero attached hydrogens (tertiary/aromatic N) is 1. The van der Waals surface area contributed by atoms with Crippen LogP contribution in [0.15, 0.2) is 53.4 Å². The predicted octanol–water partition coefficient (Wildman–Crippen LogP) is 6.24. The Labute approximate surface area is 205 Å². The SMILES string of the molecule is O=C(CCCS(=O)(=O)c1ccc(F)cc1)Nc1sc2c(c1-c1nc3ccccc3s1)CCCC2. The van der Waals surface area contributed by atoms with Gasteiger partial charge in [-0.25, -0.2) is 17.8 Å². The van der Waals surface area contributed by atoms with Gasteiger partial charge in [0.05, 0.1) is 20.9 Å². The van der Waals surface area contributed by atoms with Crippen LogP contribution in [0.25, 0.3) is 20.8 Å². The summed E-state index contributed by atoms with van der Waals surface area (Å²) in [4.78, 5) is 19.0. The zero-order chi connectivity index (χ0) is 23.7. The maximum absolute atomic E-state index is 13.1. The number of thiazole rings is 1. The number of para-hydroxylation sites is 1. The molecule has 0 aliphatic heterocycles. The Kier molecular flexibility index (Phi) is 6.50. The van der Waals surface area contributed by atoms with E-state index in [9.17, 15) is 17.6 Å². The van der Waals surface area contributed by atoms with Gasteiger partial charge < -0.3 is 5.32 Å². The van der Waals surface area contributed by atoms with Gasteiger partial charge in [-0.15, -0.1) is 22.7 Å². The number of hydrogen-bond donors (Lipinski definition) is 1. The second-order valence-corrected chi connectivity index (χ2v) is 12.6. The molecule has 0 spiro atoms. The molecule has 2 aromatic carbocycles. The molecule has 4 aromatic rings. The van der Waals surface area contributed by atoms with Crippen LogP contribution in [0.4, 0.5) is 9.39 Å². The summed E-state index contributed by atoms with van der Waals surface area (Å²) in [6.07, 6.45) is 4.51. The van der Waals surface area contributed by atoms with Crippen LogP contribution in [0.1, 0.15) is 36.1 Å². The second-order valence-electron chi connectivity index (χ2n) is 8.33. The van der Waals surface area contributed by atoms with Crippen molar-refractivity contribution in [1.29, 1.82) is 0 Å². The Balaban J connectivity index is 1.32. The Morgan fingerprint density at radius 1 is 1.03 bits per heavy atom. The summed E-state index contributed by atoms with van der Waals surface area (Å²) in [5.41, 5.74) is 3.25. The number of halogens is 1. The minimum atomic E-state index is -3.57. The molecule has 5 rings (SSSR count). The lowest BCUT2D eigenvalue weighted by Gasteiger charge is -2.11. The molecule has 34 heavy (non-hydrogen) atoms. The first-order chi connectivity index (χ1) is 16.4. The molecule has 5 nitrogen and oxygen atoms in total. The lowest BCUT2D eigenvalue weighted by atomic mass is 9.96. The van der Waals surface area contributed by atoms with Crippen LogP contribution in [-0.2, 0) is 27.5 Å². The van der Waals surface area contributed by atoms with Crippen molar-refractivity contribution in [1.82, 2.24) is 4.98 Å². The second kappa shape index (κ2) is 9.56. The topological polar surface area (TPSA) is 76.1 Å². The fourth-order valence-corrected chi connectivity index (χ4v) is 7.96. The highest BCUT2D eigenvalue weighted by Gasteiger charge is 2.25. The average molecular weight is 515 g/mol. The number of rotatable bonds is 7. The maximum atomic E-state index is 13.1. The molecule has 176 valence electrons. The number of aromatic nitrogens is 1. The van der Waals surface area contributed by atoms with E-state index >= 15 is 0 Å². The van der Waals surface area contributed by atoms with E-state index in [1.807, 2.05) is 18.2 Å². The van der Waals surface area contributed by atoms with Crippen molar-refractivity contribution in [3.8, 4) is 10.6 Å². The van der Waals surface area contributed by atoms with Crippen LogP contribution < -0.4 is 5.32 Å². The van der Waals surface area contributed by atoms with E-state index in [2.05, 4.69) is 11.4 Å². The molecule has 1 N–H and O–H groups in total. The molecule has 1 aliphatic rings. The predicted molar refractivity (Wildman–Crippen MR) is 136 cm³/mol. The first-order valence-electron chi connectivity index (χ1n) is 11.2. The monoisotopic (exact) mass is 514 g/mol. The van der Waals surface area contributed by atoms with E-state index < -0.39 is 15.7 Å². The minimum Gasteiger partial charge on any atom is -0.317 e. The molecule has 0 bridgehead atoms. The van der Waals surface area contributed by atoms with Crippen LogP contribution in [0.2, 0.25) is 0 Å². The summed E-state index contributed by atoms with van der Waals surface area (Å²) < 4.78 is 39.2. The highest BCUT2D eigenvalue weighted by atomic mass is 32.2. The van der Waals surface area contributed by atoms with Gasteiger partial charge in [0.15, 0.2) is 9.84 Å². The van der Waals surface area contributed by atoms with Gasteiger partial charge in [-0.05, 0) is 74.1 Å². The number of carbonyl (C=O) groups is 1. The molecule has 2 heterocycles. The summed E-state index contributed by atoms with van der Waals surface area (Å²) >= 11 is 3.24. The number of nitrogens with one attached hydrogen (secondary N) is 1. The van der Waals surface area contributed by atoms with Crippen molar-refractivity contribution < 1.29 is 17.6 Å². The first kappa shape index (κ1) is 23.1. The van der Waals surface area contributed by atoms with Crippen molar-refractivity contribution in [2.45, 2.75) is 43.4 Å². The van der Waals surface area contributed by atoms with Crippen LogP contribution in [-0.4, -0.2) is 25.1 Å². The van der Waals surface area contributed by atoms with E-state index in [4.69, 9.17) is 4.98 Å². The zero-order valence-corrected chi connectivity index (χ0v) is 20.8. The van der Waals surface area contributed by atoms with Gasteiger partial charge in [0, 0.05) is 16.9 Å². The van der Waals surface area contributed by atoms with E-state index in [1.165, 1.54) is 22.6 Å². The van der Waals surface area contributed by atoms with Gasteiger partial charge in [-0.2, -0.15) is 0 Å². The lowest BCUT2D eigenvalue weighted by Crippen LogP contribution is -2.14. The first-order valence-corrected chi connectivity index (χ1v) is 14.5. The van der Waals surface area contributed by atoms with Gasteiger partial charge in [-0.1, -0.05) is 12.1 Å². The molecule has 9 heteroatoms. The Hall–Kier alpha value is -2.62. The Morgan fingerprint density at radius 3 is 2.59 bits per heavy atom. The number of fused-ring (bicyclic) bond motifs is 2. The molecule has 2 aromatic heterocycles. The molecule has 1 amide bonds. The molecule has 0 radical (unpaired) electrons. The third-order valence-electron chi connectivity index (χ3n) is 5.92. The molecule has 0 saturated heterocycles. The quantitative estimate of drug-likeness (QED) is 0.296. The molecule has 0 atom stereocenters. The van der Waals surface area contributed by atoms with Crippen molar-refractivity contribution in [2.75, 3.05) is 11.1 Å². The molecular formula is C25H23FN2O3S3. The lowest BCUT2D eigenvalue weighted by molar-refractivity contribution is -0.116. The number of carbonyl (C=O) groups excluding carboxylic acids is 1. The van der Waals surface area contributed by atoms with Gasteiger partial charge >= 0.3 is 0 Å². The molecule has 0 unspecified atom stereocenters. The van der Waals surface area contributed by atoms with Crippen LogP contribution in [0, 0.1) is 5.82 Å². The van der Waals surface area contributed by atoms with Crippen molar-refractivity contribution in [3.63, 3.8) is 0 Å². The fourth-order valence-electron chi connectivity index (χ4n) is 4.23. The maximum Gasteiger partial charge on any atom is 0.225 e. The van der Waals surface area contributed by atoms with Crippen molar-refractivity contribution in [3.05, 3.63) is 64.8 Å². The largest absolute Gasteiger partial charge is 0.317 e. The van der Waals surface area contributed by atoms with Crippen molar-refractivity contribution in [2.24, 2.45) is 0 Å². The Morgan fingerprint density at radius 2 is 1.79 bits per heavy atom. The molecule has 0 saturated carbocycles. The minimum absolute atomic E-state index is 0.0679. The standard InChI is InChI=1S/C25H23FN2O3S3/c26-16-11-13-17(14-12-16)34(30,31)15-5-10-22(29)28-25-23(18-6-1-3-8-20(18)32-25)24-27-19-7-2-4-9-21(19)33-24/h2,4,7,9,11-14H,1,3,5-6,8,10,15H2,(H,28,29). The summed E-state index contributed by atoms with van der Waals surface area (Å²) in [5, 5.41) is 4.76. The van der Waals surface area contributed by atoms with E-state index in [0.29, 0.717) is 0 Å². The third-order valence-corrected chi connectivity index (χ3v) is 10.00. The van der Waals surface area contributed by atoms with Crippen LogP contribution >= 0.6 is 22.7 Å². The van der Waals surface area contributed by atoms with Crippen molar-refractivity contribution >= 4 is 53.6 Å². The van der Waals surface area contributed by atoms with Gasteiger partial charge in [0.1, 0.15) is 15.8 Å². The van der Waals surface area contributed by atoms with E-state index in [0.717, 1.165) is 63.6 Å². The number of anilines is 1. The fraction of sp³-hybridized carbons (Fsp3) is 0.280. The number of amides is 1. The zero-order valence-electron chi connectivity index (χ0n) is 18.3. The normalized spacial score (nSPS) is 13.7. The average Bonchev–Trinajstić information content (AvgIpc) is 3.39. The molecule has 1 aliphatic carbocycles. The van der Waals surface area contributed by atoms with Crippen LogP contribution in [0.5, 0.6) is 0 Å². The van der Waals surface area contributed by atoms with Gasteiger partial charge in [0.25, 0.3) is 0 Å². The highest BCUT2D eigenvalue weighted by molar-refractivity contribution is 7.91. The third kappa shape index (κ3) is 4.78. The highest BCUT2D eigenvalue weighted by Crippen LogP contribution is 2.46. The number of aryl methyl sites for hydroxylation is 1. The number of benzene rings is 2. The Bertz CT molecular complexity index is 1420. The number of sulfone groups is 1. The smallest absolute Gasteiger partial charge is 0.225 e. The summed E-state index contributed by atoms with van der Waals surface area (Å²) in [6, 6.07) is 12.8. The molecular weight excluding hydrogens is 491 g/mol. The van der Waals surface area contributed by atoms with Gasteiger partial charge in [0.2, 0.25) is 5.91 Å².